The van der Waals surface area contributed by atoms with E-state index in [9.17, 15) is 0 Å². The van der Waals surface area contributed by atoms with Crippen molar-refractivity contribution in [3.63, 3.8) is 0 Å². The third-order valence-corrected chi connectivity index (χ3v) is 4.46. The van der Waals surface area contributed by atoms with Crippen LogP contribution in [0.15, 0.2) is 5.38 Å². The van der Waals surface area contributed by atoms with Crippen molar-refractivity contribution in [1.82, 2.24) is 4.98 Å². The van der Waals surface area contributed by atoms with E-state index in [0.29, 0.717) is 5.92 Å². The second-order valence-corrected chi connectivity index (χ2v) is 5.48. The number of aromatic nitrogens is 1. The van der Waals surface area contributed by atoms with Crippen LogP contribution in [-0.2, 0) is 10.3 Å². The van der Waals surface area contributed by atoms with Gasteiger partial charge in [0.1, 0.15) is 5.01 Å². The molecule has 0 aromatic carbocycles. The maximum Gasteiger partial charge on any atom is 0.113 e. The maximum absolute atomic E-state index is 6.13. The molecule has 3 nitrogen and oxygen atoms in total. The monoisotopic (exact) mass is 224 g/mol. The molecule has 1 aliphatic heterocycles. The molecule has 3 rings (SSSR count). The van der Waals surface area contributed by atoms with Crippen LogP contribution < -0.4 is 5.73 Å². The summed E-state index contributed by atoms with van der Waals surface area (Å²) in [5, 5.41) is 3.34. The van der Waals surface area contributed by atoms with Gasteiger partial charge in [0.25, 0.3) is 0 Å². The summed E-state index contributed by atoms with van der Waals surface area (Å²) in [5.74, 6) is 0.603. The molecular formula is C11H16N2OS. The summed E-state index contributed by atoms with van der Waals surface area (Å²) in [5.41, 5.74) is 7.32. The van der Waals surface area contributed by atoms with Crippen molar-refractivity contribution in [3.8, 4) is 0 Å². The van der Waals surface area contributed by atoms with Crippen LogP contribution in [0.5, 0.6) is 0 Å². The predicted molar refractivity (Wildman–Crippen MR) is 60.0 cm³/mol. The van der Waals surface area contributed by atoms with E-state index in [1.807, 2.05) is 0 Å². The van der Waals surface area contributed by atoms with E-state index in [4.69, 9.17) is 15.5 Å². The Kier molecular flexibility index (Phi) is 2.30. The third kappa shape index (κ3) is 1.82. The maximum atomic E-state index is 6.13. The van der Waals surface area contributed by atoms with E-state index in [-0.39, 0.29) is 5.54 Å². The van der Waals surface area contributed by atoms with Crippen LogP contribution in [0.2, 0.25) is 0 Å². The molecule has 82 valence electrons. The molecule has 1 saturated heterocycles. The van der Waals surface area contributed by atoms with Gasteiger partial charge in [0.05, 0.1) is 11.2 Å². The fourth-order valence-corrected chi connectivity index (χ4v) is 3.12. The van der Waals surface area contributed by atoms with Gasteiger partial charge in [-0.25, -0.2) is 4.98 Å². The number of nitrogens with zero attached hydrogens (tertiary/aromatic N) is 1. The Hall–Kier alpha value is -0.450. The van der Waals surface area contributed by atoms with Crippen LogP contribution >= 0.6 is 11.3 Å². The summed E-state index contributed by atoms with van der Waals surface area (Å²) in [6, 6.07) is 0. The standard InChI is InChI=1S/C11H16N2OS/c12-11(3-4-11)10-13-9(7-15-10)8-1-5-14-6-2-8/h7-8H,1-6,12H2. The first-order chi connectivity index (χ1) is 7.28. The molecule has 2 fully saturated rings. The summed E-state index contributed by atoms with van der Waals surface area (Å²) in [6.07, 6.45) is 4.43. The van der Waals surface area contributed by atoms with Gasteiger partial charge in [-0.05, 0) is 25.7 Å². The number of rotatable bonds is 2. The zero-order valence-electron chi connectivity index (χ0n) is 8.74. The highest BCUT2D eigenvalue weighted by atomic mass is 32.1. The number of hydrogen-bond acceptors (Lipinski definition) is 4. The van der Waals surface area contributed by atoms with Crippen LogP contribution in [0.1, 0.15) is 42.3 Å². The Labute approximate surface area is 93.7 Å². The minimum absolute atomic E-state index is 0.0614. The summed E-state index contributed by atoms with van der Waals surface area (Å²) in [6.45, 7) is 1.76. The van der Waals surface area contributed by atoms with E-state index in [1.165, 1.54) is 5.69 Å². The van der Waals surface area contributed by atoms with Crippen LogP contribution in [-0.4, -0.2) is 18.2 Å². The first-order valence-electron chi connectivity index (χ1n) is 5.60. The molecule has 4 heteroatoms. The average Bonchev–Trinajstić information content (AvgIpc) is 2.85. The lowest BCUT2D eigenvalue weighted by Crippen LogP contribution is -2.19. The Bertz CT molecular complexity index is 353. The molecule has 1 aromatic heterocycles. The quantitative estimate of drug-likeness (QED) is 0.835. The molecule has 2 heterocycles. The molecular weight excluding hydrogens is 208 g/mol. The largest absolute Gasteiger partial charge is 0.381 e. The lowest BCUT2D eigenvalue weighted by atomic mass is 9.97. The molecule has 0 radical (unpaired) electrons. The second kappa shape index (κ2) is 3.54. The molecule has 2 N–H and O–H groups in total. The van der Waals surface area contributed by atoms with Crippen LogP contribution in [0, 0.1) is 0 Å². The Morgan fingerprint density at radius 3 is 2.80 bits per heavy atom. The summed E-state index contributed by atoms with van der Waals surface area (Å²) in [4.78, 5) is 4.71. The van der Waals surface area contributed by atoms with Gasteiger partial charge >= 0.3 is 0 Å². The van der Waals surface area contributed by atoms with Crippen molar-refractivity contribution in [3.05, 3.63) is 16.1 Å². The summed E-state index contributed by atoms with van der Waals surface area (Å²) < 4.78 is 5.36. The fraction of sp³-hybridized carbons (Fsp3) is 0.727. The highest BCUT2D eigenvalue weighted by molar-refractivity contribution is 7.09. The molecule has 0 amide bonds. The summed E-state index contributed by atoms with van der Waals surface area (Å²) >= 11 is 1.74. The normalized spacial score (nSPS) is 25.4. The van der Waals surface area contributed by atoms with E-state index in [2.05, 4.69) is 5.38 Å². The minimum Gasteiger partial charge on any atom is -0.381 e. The SMILES string of the molecule is NC1(c2nc(C3CCOCC3)cs2)CC1. The Balaban J connectivity index is 1.77. The molecule has 0 bridgehead atoms. The average molecular weight is 224 g/mol. The number of ether oxygens (including phenoxy) is 1. The van der Waals surface area contributed by atoms with Crippen molar-refractivity contribution in [1.29, 1.82) is 0 Å². The van der Waals surface area contributed by atoms with Gasteiger partial charge in [-0.3, -0.25) is 0 Å². The van der Waals surface area contributed by atoms with E-state index in [0.717, 1.165) is 43.9 Å². The van der Waals surface area contributed by atoms with Gasteiger partial charge in [0.15, 0.2) is 0 Å². The van der Waals surface area contributed by atoms with E-state index < -0.39 is 0 Å². The van der Waals surface area contributed by atoms with Gasteiger partial charge in [-0.15, -0.1) is 11.3 Å². The van der Waals surface area contributed by atoms with Gasteiger partial charge < -0.3 is 10.5 Å². The molecule has 1 aromatic rings. The third-order valence-electron chi connectivity index (χ3n) is 3.38. The van der Waals surface area contributed by atoms with Gasteiger partial charge in [-0.1, -0.05) is 0 Å². The van der Waals surface area contributed by atoms with E-state index in [1.54, 1.807) is 11.3 Å². The van der Waals surface area contributed by atoms with Gasteiger partial charge in [0.2, 0.25) is 0 Å². The molecule has 2 aliphatic rings. The molecule has 0 unspecified atom stereocenters. The predicted octanol–water partition coefficient (Wildman–Crippen LogP) is 1.98. The number of nitrogens with two attached hydrogens (primary N) is 1. The fourth-order valence-electron chi connectivity index (χ4n) is 2.04. The van der Waals surface area contributed by atoms with Crippen molar-refractivity contribution < 1.29 is 4.74 Å². The van der Waals surface area contributed by atoms with Crippen molar-refractivity contribution >= 4 is 11.3 Å². The van der Waals surface area contributed by atoms with Crippen molar-refractivity contribution in [2.75, 3.05) is 13.2 Å². The second-order valence-electron chi connectivity index (χ2n) is 4.62. The zero-order valence-corrected chi connectivity index (χ0v) is 9.55. The van der Waals surface area contributed by atoms with Gasteiger partial charge in [-0.2, -0.15) is 0 Å². The van der Waals surface area contributed by atoms with Gasteiger partial charge in [0, 0.05) is 24.5 Å². The van der Waals surface area contributed by atoms with Crippen LogP contribution in [0.4, 0.5) is 0 Å². The molecule has 1 aliphatic carbocycles. The molecule has 0 spiro atoms. The minimum atomic E-state index is -0.0614. The number of thiazole rings is 1. The molecule has 0 atom stereocenters. The zero-order chi connectivity index (χ0) is 10.3. The first kappa shape index (κ1) is 9.75. The first-order valence-corrected chi connectivity index (χ1v) is 6.48. The van der Waals surface area contributed by atoms with E-state index >= 15 is 0 Å². The lowest BCUT2D eigenvalue weighted by Gasteiger charge is -2.20. The topological polar surface area (TPSA) is 48.1 Å². The van der Waals surface area contributed by atoms with Crippen molar-refractivity contribution in [2.24, 2.45) is 5.73 Å². The van der Waals surface area contributed by atoms with Crippen LogP contribution in [0.25, 0.3) is 0 Å². The highest BCUT2D eigenvalue weighted by Gasteiger charge is 2.43. The Morgan fingerprint density at radius 1 is 1.40 bits per heavy atom. The Morgan fingerprint density at radius 2 is 2.13 bits per heavy atom. The molecule has 15 heavy (non-hydrogen) atoms. The molecule has 1 saturated carbocycles. The lowest BCUT2D eigenvalue weighted by molar-refractivity contribution is 0.0846. The smallest absolute Gasteiger partial charge is 0.113 e. The number of hydrogen-bond donors (Lipinski definition) is 1. The highest BCUT2D eigenvalue weighted by Crippen LogP contribution is 2.44. The van der Waals surface area contributed by atoms with Crippen molar-refractivity contribution in [2.45, 2.75) is 37.1 Å². The summed E-state index contributed by atoms with van der Waals surface area (Å²) in [7, 11) is 0. The van der Waals surface area contributed by atoms with Crippen LogP contribution in [0.3, 0.4) is 0 Å².